The quantitative estimate of drug-likeness (QED) is 0.897. The lowest BCUT2D eigenvalue weighted by atomic mass is 10.1. The largest absolute Gasteiger partial charge is 0.497 e. The van der Waals surface area contributed by atoms with Gasteiger partial charge < -0.3 is 10.5 Å². The fourth-order valence-electron chi connectivity index (χ4n) is 1.80. The van der Waals surface area contributed by atoms with Gasteiger partial charge in [0.1, 0.15) is 5.75 Å². The Morgan fingerprint density at radius 2 is 2.28 bits per heavy atom. The van der Waals surface area contributed by atoms with E-state index < -0.39 is 0 Å². The van der Waals surface area contributed by atoms with Crippen molar-refractivity contribution < 1.29 is 4.74 Å². The summed E-state index contributed by atoms with van der Waals surface area (Å²) in [5, 5.41) is 1.88. The average molecular weight is 264 g/mol. The van der Waals surface area contributed by atoms with Crippen LogP contribution in [0.4, 0.5) is 0 Å². The number of benzene rings is 1. The Labute approximate surface area is 110 Å². The van der Waals surface area contributed by atoms with Gasteiger partial charge in [0.25, 0.3) is 0 Å². The lowest BCUT2D eigenvalue weighted by Gasteiger charge is -2.08. The van der Waals surface area contributed by atoms with Crippen molar-refractivity contribution in [2.45, 2.75) is 13.0 Å². The van der Waals surface area contributed by atoms with Gasteiger partial charge in [-0.3, -0.25) is 9.36 Å². The molecule has 0 unspecified atom stereocenters. The Bertz CT molecular complexity index is 574. The Kier molecular flexibility index (Phi) is 4.17. The molecule has 2 N–H and O–H groups in total. The highest BCUT2D eigenvalue weighted by molar-refractivity contribution is 7.07. The van der Waals surface area contributed by atoms with Crippen LogP contribution in [0.1, 0.15) is 6.42 Å². The topological polar surface area (TPSA) is 57.2 Å². The van der Waals surface area contributed by atoms with Crippen molar-refractivity contribution in [3.8, 4) is 17.0 Å². The number of rotatable bonds is 5. The second kappa shape index (κ2) is 5.84. The Balaban J connectivity index is 2.40. The fourth-order valence-corrected chi connectivity index (χ4v) is 2.59. The van der Waals surface area contributed by atoms with Gasteiger partial charge in [-0.15, -0.1) is 0 Å². The van der Waals surface area contributed by atoms with Crippen LogP contribution >= 0.6 is 11.3 Å². The maximum Gasteiger partial charge on any atom is 0.307 e. The molecular weight excluding hydrogens is 248 g/mol. The van der Waals surface area contributed by atoms with Gasteiger partial charge in [0.05, 0.1) is 12.8 Å². The molecule has 0 aliphatic carbocycles. The van der Waals surface area contributed by atoms with E-state index in [4.69, 9.17) is 10.5 Å². The van der Waals surface area contributed by atoms with E-state index in [2.05, 4.69) is 0 Å². The average Bonchev–Trinajstić information content (AvgIpc) is 2.77. The molecular formula is C13H16N2O2S. The summed E-state index contributed by atoms with van der Waals surface area (Å²) < 4.78 is 6.97. The second-order valence-electron chi connectivity index (χ2n) is 3.91. The number of nitrogens with zero attached hydrogens (tertiary/aromatic N) is 1. The molecule has 0 radical (unpaired) electrons. The summed E-state index contributed by atoms with van der Waals surface area (Å²) >= 11 is 1.22. The second-order valence-corrected chi connectivity index (χ2v) is 4.73. The highest BCUT2D eigenvalue weighted by Gasteiger charge is 2.09. The van der Waals surface area contributed by atoms with Crippen LogP contribution in [0, 0.1) is 0 Å². The van der Waals surface area contributed by atoms with Crippen LogP contribution in [-0.2, 0) is 6.54 Å². The van der Waals surface area contributed by atoms with Crippen molar-refractivity contribution in [2.75, 3.05) is 13.7 Å². The first kappa shape index (κ1) is 12.9. The Morgan fingerprint density at radius 1 is 1.44 bits per heavy atom. The van der Waals surface area contributed by atoms with Gasteiger partial charge in [-0.25, -0.2) is 0 Å². The van der Waals surface area contributed by atoms with Crippen molar-refractivity contribution in [1.82, 2.24) is 4.57 Å². The van der Waals surface area contributed by atoms with Crippen LogP contribution in [0.15, 0.2) is 34.4 Å². The predicted octanol–water partition coefficient (Wildman–Crippen LogP) is 1.93. The van der Waals surface area contributed by atoms with E-state index in [0.717, 1.165) is 23.4 Å². The molecule has 0 fully saturated rings. The minimum Gasteiger partial charge on any atom is -0.497 e. The van der Waals surface area contributed by atoms with Crippen LogP contribution < -0.4 is 15.3 Å². The van der Waals surface area contributed by atoms with Gasteiger partial charge >= 0.3 is 4.87 Å². The van der Waals surface area contributed by atoms with Gasteiger partial charge in [0.15, 0.2) is 0 Å². The number of hydrogen-bond acceptors (Lipinski definition) is 4. The summed E-state index contributed by atoms with van der Waals surface area (Å²) in [4.78, 5) is 11.8. The van der Waals surface area contributed by atoms with E-state index in [-0.39, 0.29) is 4.87 Å². The standard InChI is InChI=1S/C13H16N2O2S/c1-17-11-5-2-4-10(8-11)12-9-18-13(16)15(12)7-3-6-14/h2,4-5,8-9H,3,6-7,14H2,1H3. The molecule has 96 valence electrons. The fraction of sp³-hybridized carbons (Fsp3) is 0.308. The number of ether oxygens (including phenoxy) is 1. The molecule has 0 spiro atoms. The van der Waals surface area contributed by atoms with Crippen molar-refractivity contribution in [3.05, 3.63) is 39.3 Å². The molecule has 0 atom stereocenters. The SMILES string of the molecule is COc1cccc(-c2csc(=O)n2CCCN)c1. The predicted molar refractivity (Wildman–Crippen MR) is 74.2 cm³/mol. The maximum absolute atomic E-state index is 11.8. The van der Waals surface area contributed by atoms with Gasteiger partial charge in [0, 0.05) is 17.5 Å². The Morgan fingerprint density at radius 3 is 3.00 bits per heavy atom. The number of hydrogen-bond donors (Lipinski definition) is 1. The monoisotopic (exact) mass is 264 g/mol. The van der Waals surface area contributed by atoms with E-state index >= 15 is 0 Å². The van der Waals surface area contributed by atoms with Crippen LogP contribution in [0.3, 0.4) is 0 Å². The molecule has 4 nitrogen and oxygen atoms in total. The van der Waals surface area contributed by atoms with E-state index in [9.17, 15) is 4.79 Å². The summed E-state index contributed by atoms with van der Waals surface area (Å²) in [5.74, 6) is 0.788. The molecule has 0 aliphatic heterocycles. The molecule has 0 aliphatic rings. The third kappa shape index (κ3) is 2.63. The molecule has 2 aromatic rings. The molecule has 0 amide bonds. The van der Waals surface area contributed by atoms with E-state index in [1.165, 1.54) is 11.3 Å². The van der Waals surface area contributed by atoms with Crippen molar-refractivity contribution in [3.63, 3.8) is 0 Å². The summed E-state index contributed by atoms with van der Waals surface area (Å²) in [7, 11) is 1.63. The number of nitrogens with two attached hydrogens (primary N) is 1. The third-order valence-corrected chi connectivity index (χ3v) is 3.50. The molecule has 0 bridgehead atoms. The van der Waals surface area contributed by atoms with Gasteiger partial charge in [-0.1, -0.05) is 23.5 Å². The number of methoxy groups -OCH3 is 1. The number of aromatic nitrogens is 1. The molecule has 18 heavy (non-hydrogen) atoms. The minimum absolute atomic E-state index is 0.0567. The van der Waals surface area contributed by atoms with Crippen LogP contribution in [0.5, 0.6) is 5.75 Å². The van der Waals surface area contributed by atoms with Crippen molar-refractivity contribution in [1.29, 1.82) is 0 Å². The molecule has 2 rings (SSSR count). The zero-order valence-corrected chi connectivity index (χ0v) is 11.1. The Hall–Kier alpha value is -1.59. The molecule has 5 heteroatoms. The number of thiazole rings is 1. The molecule has 1 aromatic heterocycles. The van der Waals surface area contributed by atoms with Gasteiger partial charge in [-0.05, 0) is 25.1 Å². The lowest BCUT2D eigenvalue weighted by molar-refractivity contribution is 0.415. The molecule has 0 saturated heterocycles. The molecule has 1 aromatic carbocycles. The summed E-state index contributed by atoms with van der Waals surface area (Å²) in [6.07, 6.45) is 0.799. The third-order valence-electron chi connectivity index (χ3n) is 2.73. The summed E-state index contributed by atoms with van der Waals surface area (Å²) in [5.41, 5.74) is 7.42. The van der Waals surface area contributed by atoms with E-state index in [1.807, 2.05) is 29.6 Å². The van der Waals surface area contributed by atoms with Gasteiger partial charge in [-0.2, -0.15) is 0 Å². The normalized spacial score (nSPS) is 10.6. The molecule has 1 heterocycles. The molecule has 0 saturated carbocycles. The van der Waals surface area contributed by atoms with E-state index in [0.29, 0.717) is 13.1 Å². The van der Waals surface area contributed by atoms with Crippen LogP contribution in [0.25, 0.3) is 11.3 Å². The zero-order chi connectivity index (χ0) is 13.0. The van der Waals surface area contributed by atoms with Crippen LogP contribution in [0.2, 0.25) is 0 Å². The van der Waals surface area contributed by atoms with Crippen molar-refractivity contribution in [2.24, 2.45) is 5.73 Å². The highest BCUT2D eigenvalue weighted by atomic mass is 32.1. The first-order valence-electron chi connectivity index (χ1n) is 5.79. The summed E-state index contributed by atoms with van der Waals surface area (Å²) in [6.45, 7) is 1.24. The maximum atomic E-state index is 11.8. The minimum atomic E-state index is 0.0567. The zero-order valence-electron chi connectivity index (χ0n) is 10.3. The first-order chi connectivity index (χ1) is 8.76. The first-order valence-corrected chi connectivity index (χ1v) is 6.67. The van der Waals surface area contributed by atoms with E-state index in [1.54, 1.807) is 11.7 Å². The highest BCUT2D eigenvalue weighted by Crippen LogP contribution is 2.24. The van der Waals surface area contributed by atoms with Crippen molar-refractivity contribution >= 4 is 11.3 Å². The van der Waals surface area contributed by atoms with Gasteiger partial charge in [0.2, 0.25) is 0 Å². The lowest BCUT2D eigenvalue weighted by Crippen LogP contribution is -2.16. The smallest absolute Gasteiger partial charge is 0.307 e. The van der Waals surface area contributed by atoms with Crippen LogP contribution in [-0.4, -0.2) is 18.2 Å². The summed E-state index contributed by atoms with van der Waals surface area (Å²) in [6, 6.07) is 7.71.